The first-order chi connectivity index (χ1) is 10.0. The van der Waals surface area contributed by atoms with E-state index >= 15 is 0 Å². The summed E-state index contributed by atoms with van der Waals surface area (Å²) < 4.78 is 0. The number of anilines is 2. The van der Waals surface area contributed by atoms with Crippen LogP contribution in [0, 0.1) is 0 Å². The highest BCUT2D eigenvalue weighted by Crippen LogP contribution is 2.39. The summed E-state index contributed by atoms with van der Waals surface area (Å²) in [7, 11) is 0. The summed E-state index contributed by atoms with van der Waals surface area (Å²) in [6.07, 6.45) is 0.391. The summed E-state index contributed by atoms with van der Waals surface area (Å²) in [6.45, 7) is 0.335. The van der Waals surface area contributed by atoms with Crippen LogP contribution in [0.15, 0.2) is 36.4 Å². The maximum atomic E-state index is 11.9. The molecule has 2 aromatic rings. The van der Waals surface area contributed by atoms with Gasteiger partial charge in [-0.2, -0.15) is 0 Å². The topological polar surface area (TPSA) is 122 Å². The molecule has 0 atom stereocenters. The second kappa shape index (κ2) is 6.04. The fraction of sp³-hybridized carbons (Fsp3) is 0.133. The number of aromatic hydroxyl groups is 2. The van der Waals surface area contributed by atoms with E-state index in [1.807, 2.05) is 6.07 Å². The Hall–Kier alpha value is -2.89. The smallest absolute Gasteiger partial charge is 0.251 e. The first-order valence-electron chi connectivity index (χ1n) is 6.42. The Labute approximate surface area is 122 Å². The van der Waals surface area contributed by atoms with Gasteiger partial charge >= 0.3 is 0 Å². The zero-order valence-electron chi connectivity index (χ0n) is 11.3. The van der Waals surface area contributed by atoms with Crippen LogP contribution in [0.5, 0.6) is 11.5 Å². The largest absolute Gasteiger partial charge is 0.503 e. The van der Waals surface area contributed by atoms with E-state index < -0.39 is 11.5 Å². The number of phenols is 2. The van der Waals surface area contributed by atoms with Crippen molar-refractivity contribution >= 4 is 17.3 Å². The molecule has 7 N–H and O–H groups in total. The third kappa shape index (κ3) is 3.17. The van der Waals surface area contributed by atoms with Crippen molar-refractivity contribution in [2.75, 3.05) is 18.0 Å². The maximum Gasteiger partial charge on any atom is 0.251 e. The number of phenolic OH excluding ortho intramolecular Hbond substituents is 2. The zero-order valence-corrected chi connectivity index (χ0v) is 11.3. The molecule has 0 fully saturated rings. The summed E-state index contributed by atoms with van der Waals surface area (Å²) >= 11 is 0. The number of hydrogen-bond donors (Lipinski definition) is 5. The molecule has 0 saturated carbocycles. The molecule has 0 unspecified atom stereocenters. The lowest BCUT2D eigenvalue weighted by molar-refractivity contribution is 0.0954. The Morgan fingerprint density at radius 2 is 1.76 bits per heavy atom. The lowest BCUT2D eigenvalue weighted by Gasteiger charge is -2.11. The minimum atomic E-state index is -0.431. The Morgan fingerprint density at radius 3 is 2.43 bits per heavy atom. The molecule has 1 amide bonds. The van der Waals surface area contributed by atoms with Crippen LogP contribution < -0.4 is 16.8 Å². The van der Waals surface area contributed by atoms with Gasteiger partial charge in [-0.05, 0) is 30.2 Å². The van der Waals surface area contributed by atoms with Crippen LogP contribution in [-0.2, 0) is 6.42 Å². The van der Waals surface area contributed by atoms with Crippen molar-refractivity contribution in [3.05, 3.63) is 47.5 Å². The van der Waals surface area contributed by atoms with Gasteiger partial charge in [0, 0.05) is 12.1 Å². The van der Waals surface area contributed by atoms with E-state index in [-0.39, 0.29) is 17.3 Å². The van der Waals surface area contributed by atoms with Crippen LogP contribution >= 0.6 is 0 Å². The van der Waals surface area contributed by atoms with E-state index in [1.165, 1.54) is 6.07 Å². The minimum absolute atomic E-state index is 0.0473. The van der Waals surface area contributed by atoms with Crippen LogP contribution in [0.2, 0.25) is 0 Å². The quantitative estimate of drug-likeness (QED) is 0.428. The lowest BCUT2D eigenvalue weighted by atomic mass is 10.1. The van der Waals surface area contributed by atoms with Crippen molar-refractivity contribution in [2.45, 2.75) is 6.42 Å². The van der Waals surface area contributed by atoms with E-state index in [4.69, 9.17) is 11.5 Å². The molecule has 0 heterocycles. The summed E-state index contributed by atoms with van der Waals surface area (Å²) in [4.78, 5) is 11.9. The number of carbonyl (C=O) groups is 1. The molecule has 0 aliphatic carbocycles. The number of rotatable bonds is 4. The Morgan fingerprint density at radius 1 is 1.10 bits per heavy atom. The number of hydrogen-bond acceptors (Lipinski definition) is 5. The zero-order chi connectivity index (χ0) is 15.4. The van der Waals surface area contributed by atoms with Gasteiger partial charge in [0.05, 0.1) is 11.4 Å². The van der Waals surface area contributed by atoms with Gasteiger partial charge in [0.2, 0.25) is 0 Å². The van der Waals surface area contributed by atoms with Gasteiger partial charge in [-0.25, -0.2) is 0 Å². The van der Waals surface area contributed by atoms with Crippen LogP contribution in [0.25, 0.3) is 0 Å². The van der Waals surface area contributed by atoms with Crippen LogP contribution in [-0.4, -0.2) is 22.7 Å². The van der Waals surface area contributed by atoms with Crippen LogP contribution in [0.1, 0.15) is 15.9 Å². The first-order valence-corrected chi connectivity index (χ1v) is 6.42. The molecule has 110 valence electrons. The molecule has 6 heteroatoms. The van der Waals surface area contributed by atoms with E-state index in [1.54, 1.807) is 24.3 Å². The summed E-state index contributed by atoms with van der Waals surface area (Å²) in [6, 6.07) is 10.3. The predicted octanol–water partition coefficient (Wildman–Crippen LogP) is 1.23. The van der Waals surface area contributed by atoms with E-state index in [9.17, 15) is 15.0 Å². The van der Waals surface area contributed by atoms with Crippen molar-refractivity contribution in [3.63, 3.8) is 0 Å². The van der Waals surface area contributed by atoms with Gasteiger partial charge in [0.15, 0.2) is 11.5 Å². The van der Waals surface area contributed by atoms with E-state index in [0.29, 0.717) is 24.1 Å². The van der Waals surface area contributed by atoms with Crippen molar-refractivity contribution in [2.24, 2.45) is 0 Å². The summed E-state index contributed by atoms with van der Waals surface area (Å²) in [5.74, 6) is -1.05. The number of nitrogen functional groups attached to an aromatic ring is 2. The highest BCUT2D eigenvalue weighted by Gasteiger charge is 2.13. The number of amides is 1. The predicted molar refractivity (Wildman–Crippen MR) is 81.1 cm³/mol. The van der Waals surface area contributed by atoms with Gasteiger partial charge in [-0.15, -0.1) is 0 Å². The molecule has 2 aromatic carbocycles. The highest BCUT2D eigenvalue weighted by molar-refractivity contribution is 5.94. The Kier molecular flexibility index (Phi) is 4.18. The molecule has 0 bridgehead atoms. The van der Waals surface area contributed by atoms with Crippen molar-refractivity contribution < 1.29 is 15.0 Å². The number of nitrogens with one attached hydrogen (secondary N) is 1. The van der Waals surface area contributed by atoms with Gasteiger partial charge in [-0.1, -0.05) is 18.2 Å². The molecular formula is C15H17N3O3. The van der Waals surface area contributed by atoms with Gasteiger partial charge in [0.1, 0.15) is 0 Å². The fourth-order valence-corrected chi connectivity index (χ4v) is 1.96. The standard InChI is InChI=1S/C15H17N3O3/c16-11-8-10(12(17)14(20)13(11)19)6-7-18-15(21)9-4-2-1-3-5-9/h1-5,8,19-20H,6-7,16-17H2,(H,18,21). The molecule has 2 rings (SSSR count). The second-order valence-electron chi connectivity index (χ2n) is 4.61. The van der Waals surface area contributed by atoms with E-state index in [2.05, 4.69) is 5.32 Å². The summed E-state index contributed by atoms with van der Waals surface area (Å²) in [5.41, 5.74) is 12.5. The fourth-order valence-electron chi connectivity index (χ4n) is 1.96. The third-order valence-corrected chi connectivity index (χ3v) is 3.14. The molecule has 6 nitrogen and oxygen atoms in total. The van der Waals surface area contributed by atoms with Crippen molar-refractivity contribution in [1.82, 2.24) is 5.32 Å². The summed E-state index contributed by atoms with van der Waals surface area (Å²) in [5, 5.41) is 21.8. The van der Waals surface area contributed by atoms with Crippen LogP contribution in [0.4, 0.5) is 11.4 Å². The molecule has 0 radical (unpaired) electrons. The van der Waals surface area contributed by atoms with Gasteiger partial charge in [0.25, 0.3) is 5.91 Å². The Balaban J connectivity index is 2.00. The monoisotopic (exact) mass is 287 g/mol. The van der Waals surface area contributed by atoms with Gasteiger partial charge < -0.3 is 27.0 Å². The van der Waals surface area contributed by atoms with Crippen LogP contribution in [0.3, 0.4) is 0 Å². The van der Waals surface area contributed by atoms with Gasteiger partial charge in [-0.3, -0.25) is 4.79 Å². The van der Waals surface area contributed by atoms with Crippen molar-refractivity contribution in [1.29, 1.82) is 0 Å². The molecule has 0 aliphatic heterocycles. The average Bonchev–Trinajstić information content (AvgIpc) is 2.51. The molecule has 0 spiro atoms. The van der Waals surface area contributed by atoms with Crippen molar-refractivity contribution in [3.8, 4) is 11.5 Å². The number of nitrogens with two attached hydrogens (primary N) is 2. The lowest BCUT2D eigenvalue weighted by Crippen LogP contribution is -2.25. The molecule has 0 aliphatic rings. The second-order valence-corrected chi connectivity index (χ2v) is 4.61. The molecular weight excluding hydrogens is 270 g/mol. The normalized spacial score (nSPS) is 10.3. The number of benzene rings is 2. The van der Waals surface area contributed by atoms with E-state index in [0.717, 1.165) is 0 Å². The average molecular weight is 287 g/mol. The molecule has 0 saturated heterocycles. The number of carbonyl (C=O) groups excluding carboxylic acids is 1. The molecule has 21 heavy (non-hydrogen) atoms. The Bertz CT molecular complexity index is 657. The minimum Gasteiger partial charge on any atom is -0.503 e. The molecule has 0 aromatic heterocycles. The third-order valence-electron chi connectivity index (χ3n) is 3.14. The first kappa shape index (κ1) is 14.5. The SMILES string of the molecule is Nc1cc(CCNC(=O)c2ccccc2)c(N)c(O)c1O. The maximum absolute atomic E-state index is 11.9. The highest BCUT2D eigenvalue weighted by atomic mass is 16.3.